The molecule has 4 saturated carbocycles. The van der Waals surface area contributed by atoms with Crippen LogP contribution >= 0.6 is 11.6 Å². The zero-order chi connectivity index (χ0) is 36.8. The third-order valence-corrected chi connectivity index (χ3v) is 19.5. The number of esters is 1. The van der Waals surface area contributed by atoms with Gasteiger partial charge in [0.2, 0.25) is 0 Å². The Labute approximate surface area is 314 Å². The molecule has 6 nitrogen and oxygen atoms in total. The molecule has 0 spiro atoms. The summed E-state index contributed by atoms with van der Waals surface area (Å²) < 4.78 is 29.1. The Bertz CT molecular complexity index is 1590. The van der Waals surface area contributed by atoms with Crippen molar-refractivity contribution < 1.29 is 17.9 Å². The lowest BCUT2D eigenvalue weighted by molar-refractivity contribution is -0.221. The molecule has 0 radical (unpaired) electrons. The van der Waals surface area contributed by atoms with Crippen LogP contribution in [0.5, 0.6) is 0 Å². The first-order valence-electron chi connectivity index (χ1n) is 20.4. The molecular formula is C43H67ClN2O4S. The Kier molecular flexibility index (Phi) is 9.70. The average molecular weight is 744 g/mol. The van der Waals surface area contributed by atoms with Gasteiger partial charge in [0, 0.05) is 31.7 Å². The molecule has 51 heavy (non-hydrogen) atoms. The van der Waals surface area contributed by atoms with Crippen molar-refractivity contribution in [1.82, 2.24) is 10.2 Å². The minimum absolute atomic E-state index is 0.0657. The van der Waals surface area contributed by atoms with Gasteiger partial charge in [0.05, 0.1) is 18.6 Å². The minimum atomic E-state index is -2.86. The van der Waals surface area contributed by atoms with E-state index in [9.17, 15) is 13.2 Å². The Morgan fingerprint density at radius 3 is 2.31 bits per heavy atom. The highest BCUT2D eigenvalue weighted by molar-refractivity contribution is 7.91. The van der Waals surface area contributed by atoms with Crippen molar-refractivity contribution in [2.75, 3.05) is 44.8 Å². The molecule has 286 valence electrons. The molecule has 0 amide bonds. The van der Waals surface area contributed by atoms with Crippen molar-refractivity contribution in [1.29, 1.82) is 0 Å². The third-order valence-electron chi connectivity index (χ3n) is 17.3. The van der Waals surface area contributed by atoms with Gasteiger partial charge in [0.25, 0.3) is 0 Å². The number of halogens is 1. The number of carbonyl (C=O) groups excluding carboxylic acids is 1. The number of hydrogen-bond acceptors (Lipinski definition) is 6. The van der Waals surface area contributed by atoms with Crippen LogP contribution in [-0.4, -0.2) is 74.5 Å². The molecule has 7 aliphatic rings. The lowest BCUT2D eigenvalue weighted by atomic mass is 9.33. The fourth-order valence-corrected chi connectivity index (χ4v) is 16.0. The van der Waals surface area contributed by atoms with Crippen molar-refractivity contribution >= 4 is 27.4 Å². The van der Waals surface area contributed by atoms with Gasteiger partial charge in [-0.15, -0.1) is 11.6 Å². The summed E-state index contributed by atoms with van der Waals surface area (Å²) in [6.07, 6.45) is 18.2. The maximum absolute atomic E-state index is 12.4. The van der Waals surface area contributed by atoms with E-state index in [-0.39, 0.29) is 27.8 Å². The number of ether oxygens (including phenoxy) is 1. The molecule has 5 fully saturated rings. The first kappa shape index (κ1) is 38.1. The van der Waals surface area contributed by atoms with Gasteiger partial charge in [-0.25, -0.2) is 8.42 Å². The van der Waals surface area contributed by atoms with Gasteiger partial charge >= 0.3 is 5.97 Å². The van der Waals surface area contributed by atoms with Crippen LogP contribution < -0.4 is 5.32 Å². The van der Waals surface area contributed by atoms with Crippen molar-refractivity contribution in [3.63, 3.8) is 0 Å². The number of alkyl halides is 1. The Morgan fingerprint density at radius 1 is 0.941 bits per heavy atom. The Morgan fingerprint density at radius 2 is 1.67 bits per heavy atom. The molecule has 0 aromatic heterocycles. The van der Waals surface area contributed by atoms with Crippen molar-refractivity contribution in [2.45, 2.75) is 129 Å². The predicted octanol–water partition coefficient (Wildman–Crippen LogP) is 8.51. The van der Waals surface area contributed by atoms with Crippen molar-refractivity contribution in [2.24, 2.45) is 51.2 Å². The van der Waals surface area contributed by atoms with Crippen LogP contribution in [0.1, 0.15) is 119 Å². The predicted molar refractivity (Wildman–Crippen MR) is 208 cm³/mol. The van der Waals surface area contributed by atoms with E-state index in [1.807, 2.05) is 0 Å². The summed E-state index contributed by atoms with van der Waals surface area (Å²) in [7, 11) is -1.42. The standard InChI is InChI=1S/C43H67ClN2O4S/c1-29(2)31-13-20-43(45-23-24-46-25-27-51(48,49)28-26-46)22-21-40(6)33(36(31)43)9-10-35-39(5)16-14-32(38(3,4)34(39)15-17-41(35,40)7)30-11-18-42(44,19-12-30)37(47)50-8/h11,14,31,33-36,45H,1,9-10,12-13,15-28H2,2-8H3/t31-,33+,34-,35+,36+,39-,40+,41+,42?,43-/m0/s1. The molecule has 8 heteroatoms. The normalized spacial score (nSPS) is 46.0. The number of sulfone groups is 1. The highest BCUT2D eigenvalue weighted by Crippen LogP contribution is 2.76. The van der Waals surface area contributed by atoms with E-state index in [4.69, 9.17) is 16.3 Å². The lowest BCUT2D eigenvalue weighted by Gasteiger charge is -2.72. The molecule has 0 bridgehead atoms. The van der Waals surface area contributed by atoms with Crippen LogP contribution in [0.2, 0.25) is 0 Å². The third kappa shape index (κ3) is 5.90. The van der Waals surface area contributed by atoms with Gasteiger partial charge in [-0.1, -0.05) is 58.9 Å². The Hall–Kier alpha value is -1.15. The monoisotopic (exact) mass is 742 g/mol. The number of rotatable bonds is 7. The van der Waals surface area contributed by atoms with Gasteiger partial charge in [0.15, 0.2) is 9.84 Å². The maximum atomic E-state index is 12.4. The molecule has 7 rings (SSSR count). The number of hydrogen-bond donors (Lipinski definition) is 1. The molecular weight excluding hydrogens is 676 g/mol. The molecule has 1 N–H and O–H groups in total. The number of nitrogens with one attached hydrogen (secondary N) is 1. The molecule has 10 atom stereocenters. The van der Waals surface area contributed by atoms with Gasteiger partial charge in [-0.2, -0.15) is 0 Å². The van der Waals surface area contributed by atoms with Gasteiger partial charge in [-0.05, 0) is 146 Å². The van der Waals surface area contributed by atoms with Crippen LogP contribution in [0.25, 0.3) is 0 Å². The number of allylic oxidation sites excluding steroid dienone is 5. The van der Waals surface area contributed by atoms with E-state index in [0.29, 0.717) is 72.4 Å². The lowest BCUT2D eigenvalue weighted by Crippen LogP contribution is -2.68. The number of methoxy groups -OCH3 is 1. The summed E-state index contributed by atoms with van der Waals surface area (Å²) in [6, 6.07) is 0. The number of carbonyl (C=O) groups is 1. The summed E-state index contributed by atoms with van der Waals surface area (Å²) >= 11 is 6.76. The summed E-state index contributed by atoms with van der Waals surface area (Å²) in [6.45, 7) is 23.3. The zero-order valence-corrected chi connectivity index (χ0v) is 34.4. The summed E-state index contributed by atoms with van der Waals surface area (Å²) in [5.74, 6) is 3.49. The largest absolute Gasteiger partial charge is 0.468 e. The van der Waals surface area contributed by atoms with E-state index >= 15 is 0 Å². The zero-order valence-electron chi connectivity index (χ0n) is 32.8. The topological polar surface area (TPSA) is 75.7 Å². The first-order valence-corrected chi connectivity index (χ1v) is 22.6. The van der Waals surface area contributed by atoms with Gasteiger partial charge in [0.1, 0.15) is 4.87 Å². The molecule has 1 saturated heterocycles. The van der Waals surface area contributed by atoms with Crippen LogP contribution in [0.15, 0.2) is 35.5 Å². The first-order chi connectivity index (χ1) is 23.9. The Balaban J connectivity index is 1.13. The smallest absolute Gasteiger partial charge is 0.327 e. The van der Waals surface area contributed by atoms with Crippen LogP contribution in [-0.2, 0) is 19.4 Å². The van der Waals surface area contributed by atoms with Crippen molar-refractivity contribution in [3.8, 4) is 0 Å². The summed E-state index contributed by atoms with van der Waals surface area (Å²) in [4.78, 5) is 13.9. The molecule has 1 heterocycles. The fourth-order valence-electron chi connectivity index (χ4n) is 14.5. The summed E-state index contributed by atoms with van der Waals surface area (Å²) in [5, 5.41) is 4.22. The number of nitrogens with zero attached hydrogens (tertiary/aromatic N) is 1. The molecule has 0 aromatic carbocycles. The van der Waals surface area contributed by atoms with E-state index in [1.54, 1.807) is 0 Å². The molecule has 1 aliphatic heterocycles. The highest BCUT2D eigenvalue weighted by Gasteiger charge is 2.70. The number of fused-ring (bicyclic) bond motifs is 7. The minimum Gasteiger partial charge on any atom is -0.468 e. The van der Waals surface area contributed by atoms with Gasteiger partial charge < -0.3 is 15.0 Å². The quantitative estimate of drug-likeness (QED) is 0.160. The second kappa shape index (κ2) is 13.0. The molecule has 6 aliphatic carbocycles. The van der Waals surface area contributed by atoms with Crippen LogP contribution in [0.3, 0.4) is 0 Å². The van der Waals surface area contributed by atoms with Crippen LogP contribution in [0, 0.1) is 51.2 Å². The second-order valence-corrected chi connectivity index (χ2v) is 22.7. The second-order valence-electron chi connectivity index (χ2n) is 19.7. The van der Waals surface area contributed by atoms with E-state index in [0.717, 1.165) is 25.9 Å². The van der Waals surface area contributed by atoms with E-state index < -0.39 is 14.7 Å². The van der Waals surface area contributed by atoms with Crippen molar-refractivity contribution in [3.05, 3.63) is 35.5 Å². The SMILES string of the molecule is C=C(C)[C@@H]1CC[C@]2(NCCN3CCS(=O)(=O)CC3)CC[C@]3(C)[C@H](CC[C@@H]4[C@@]5(C)CC=C(C6=CCC(Cl)(C(=O)OC)CC6)C(C)(C)[C@@H]5CC[C@]43C)[C@@H]12. The molecule has 0 aromatic rings. The maximum Gasteiger partial charge on any atom is 0.327 e. The van der Waals surface area contributed by atoms with E-state index in [2.05, 4.69) is 70.5 Å². The fraction of sp³-hybridized carbons (Fsp3) is 0.837. The van der Waals surface area contributed by atoms with Gasteiger partial charge in [-0.3, -0.25) is 4.79 Å². The molecule has 1 unspecified atom stereocenters. The highest BCUT2D eigenvalue weighted by atomic mass is 35.5. The van der Waals surface area contributed by atoms with Crippen LogP contribution in [0.4, 0.5) is 0 Å². The summed E-state index contributed by atoms with van der Waals surface area (Å²) in [5.41, 5.74) is 5.34. The van der Waals surface area contributed by atoms with E-state index in [1.165, 1.54) is 75.2 Å². The average Bonchev–Trinajstić information content (AvgIpc) is 3.46.